The third-order valence-electron chi connectivity index (χ3n) is 5.54. The molecule has 0 bridgehead atoms. The maximum Gasteiger partial charge on any atom is 0.266 e. The van der Waals surface area contributed by atoms with Gasteiger partial charge in [0.05, 0.1) is 21.7 Å². The first kappa shape index (κ1) is 23.7. The molecule has 0 N–H and O–H groups in total. The molecule has 0 radical (unpaired) electrons. The second kappa shape index (κ2) is 9.41. The number of thiazole rings is 1. The van der Waals surface area contributed by atoms with Crippen LogP contribution in [0, 0.1) is 18.6 Å². The molecular formula is C22H23F2N3O4S2. The highest BCUT2D eigenvalue weighted by Gasteiger charge is 2.39. The van der Waals surface area contributed by atoms with Crippen LogP contribution in [-0.4, -0.2) is 49.5 Å². The molecule has 1 unspecified atom stereocenters. The fourth-order valence-electron chi connectivity index (χ4n) is 3.89. The van der Waals surface area contributed by atoms with Gasteiger partial charge in [-0.1, -0.05) is 29.0 Å². The maximum atomic E-state index is 14.5. The number of carbonyl (C=O) groups is 1. The van der Waals surface area contributed by atoms with E-state index in [1.807, 2.05) is 6.92 Å². The Morgan fingerprint density at radius 3 is 2.67 bits per heavy atom. The summed E-state index contributed by atoms with van der Waals surface area (Å²) in [7, 11) is -2.40. The van der Waals surface area contributed by atoms with E-state index in [9.17, 15) is 22.0 Å². The van der Waals surface area contributed by atoms with Crippen LogP contribution in [0.2, 0.25) is 0 Å². The highest BCUT2D eigenvalue weighted by atomic mass is 32.2. The summed E-state index contributed by atoms with van der Waals surface area (Å²) in [5.74, 6) is -2.14. The molecule has 3 aromatic rings. The van der Waals surface area contributed by atoms with Crippen molar-refractivity contribution in [2.45, 2.75) is 37.2 Å². The van der Waals surface area contributed by atoms with E-state index < -0.39 is 33.6 Å². The molecule has 2 aromatic carbocycles. The van der Waals surface area contributed by atoms with Crippen LogP contribution >= 0.6 is 11.3 Å². The van der Waals surface area contributed by atoms with Crippen LogP contribution in [0.5, 0.6) is 0 Å². The fourth-order valence-corrected chi connectivity index (χ4v) is 6.65. The molecule has 1 amide bonds. The van der Waals surface area contributed by atoms with Gasteiger partial charge in [0.1, 0.15) is 11.9 Å². The molecule has 1 atom stereocenters. The summed E-state index contributed by atoms with van der Waals surface area (Å²) in [5.41, 5.74) is 1.05. The molecule has 1 saturated heterocycles. The van der Waals surface area contributed by atoms with E-state index in [1.165, 1.54) is 34.2 Å². The van der Waals surface area contributed by atoms with E-state index >= 15 is 0 Å². The van der Waals surface area contributed by atoms with Crippen molar-refractivity contribution in [3.05, 3.63) is 58.4 Å². The number of methoxy groups -OCH3 is 1. The molecule has 33 heavy (non-hydrogen) atoms. The van der Waals surface area contributed by atoms with Gasteiger partial charge in [-0.2, -0.15) is 9.30 Å². The Kier molecular flexibility index (Phi) is 6.76. The number of amides is 1. The minimum absolute atomic E-state index is 0.113. The number of sulfonamides is 1. The van der Waals surface area contributed by atoms with Crippen LogP contribution < -0.4 is 4.80 Å². The molecule has 0 spiro atoms. The van der Waals surface area contributed by atoms with Crippen LogP contribution in [0.3, 0.4) is 0 Å². The molecule has 1 aromatic heterocycles. The second-order valence-corrected chi connectivity index (χ2v) is 10.7. The third-order valence-corrected chi connectivity index (χ3v) is 8.48. The number of ether oxygens (including phenoxy) is 1. The second-order valence-electron chi connectivity index (χ2n) is 7.80. The van der Waals surface area contributed by atoms with E-state index in [4.69, 9.17) is 4.74 Å². The molecule has 11 heteroatoms. The van der Waals surface area contributed by atoms with E-state index in [1.54, 1.807) is 12.1 Å². The number of aromatic nitrogens is 1. The predicted octanol–water partition coefficient (Wildman–Crippen LogP) is 3.22. The SMILES string of the molecule is COCCn1c(=NC(=O)C2CCCN2S(=O)(=O)c2ccc(C)cc2)sc2cc(F)cc(F)c21. The molecule has 1 aliphatic heterocycles. The lowest BCUT2D eigenvalue weighted by atomic mass is 10.2. The number of nitrogens with zero attached hydrogens (tertiary/aromatic N) is 3. The molecule has 2 heterocycles. The topological polar surface area (TPSA) is 81.0 Å². The van der Waals surface area contributed by atoms with Crippen molar-refractivity contribution in [1.82, 2.24) is 8.87 Å². The van der Waals surface area contributed by atoms with Gasteiger partial charge in [-0.3, -0.25) is 4.79 Å². The molecule has 176 valence electrons. The molecule has 0 saturated carbocycles. The summed E-state index contributed by atoms with van der Waals surface area (Å²) < 4.78 is 62.6. The van der Waals surface area contributed by atoms with Crippen LogP contribution in [0.25, 0.3) is 10.2 Å². The van der Waals surface area contributed by atoms with Crippen LogP contribution in [0.1, 0.15) is 18.4 Å². The highest BCUT2D eigenvalue weighted by Crippen LogP contribution is 2.27. The monoisotopic (exact) mass is 495 g/mol. The van der Waals surface area contributed by atoms with Gasteiger partial charge in [0.15, 0.2) is 10.6 Å². The number of hydrogen-bond donors (Lipinski definition) is 0. The standard InChI is InChI=1S/C22H23F2N3O4S2/c1-14-5-7-16(8-6-14)33(29,30)27-9-3-4-18(27)21(28)25-22-26(10-11-31-2)20-17(24)12-15(23)13-19(20)32-22/h5-8,12-13,18H,3-4,9-11H2,1-2H3. The maximum absolute atomic E-state index is 14.5. The molecule has 1 aliphatic rings. The zero-order valence-electron chi connectivity index (χ0n) is 18.1. The average Bonchev–Trinajstić information content (AvgIpc) is 3.38. The first-order valence-corrected chi connectivity index (χ1v) is 12.6. The van der Waals surface area contributed by atoms with Crippen molar-refractivity contribution in [2.75, 3.05) is 20.3 Å². The zero-order chi connectivity index (χ0) is 23.8. The number of carbonyl (C=O) groups excluding carboxylic acids is 1. The first-order valence-electron chi connectivity index (χ1n) is 10.4. The Bertz CT molecular complexity index is 1360. The number of benzene rings is 2. The van der Waals surface area contributed by atoms with Gasteiger partial charge < -0.3 is 9.30 Å². The molecule has 1 fully saturated rings. The van der Waals surface area contributed by atoms with E-state index in [0.717, 1.165) is 23.0 Å². The lowest BCUT2D eigenvalue weighted by Crippen LogP contribution is -2.40. The van der Waals surface area contributed by atoms with Gasteiger partial charge in [0, 0.05) is 26.3 Å². The van der Waals surface area contributed by atoms with Gasteiger partial charge in [0.25, 0.3) is 5.91 Å². The normalized spacial score (nSPS) is 17.8. The van der Waals surface area contributed by atoms with Crippen LogP contribution in [-0.2, 0) is 26.1 Å². The summed E-state index contributed by atoms with van der Waals surface area (Å²) in [6, 6.07) is 7.43. The Morgan fingerprint density at radius 2 is 1.97 bits per heavy atom. The minimum atomic E-state index is -3.88. The largest absolute Gasteiger partial charge is 0.383 e. The lowest BCUT2D eigenvalue weighted by Gasteiger charge is -2.21. The Labute approximate surface area is 194 Å². The number of halogens is 2. The molecule has 7 nitrogen and oxygen atoms in total. The zero-order valence-corrected chi connectivity index (χ0v) is 19.8. The predicted molar refractivity (Wildman–Crippen MR) is 120 cm³/mol. The number of aryl methyl sites for hydroxylation is 1. The Hall–Kier alpha value is -2.47. The lowest BCUT2D eigenvalue weighted by molar-refractivity contribution is -0.121. The number of fused-ring (bicyclic) bond motifs is 1. The Balaban J connectivity index is 1.74. The number of rotatable bonds is 6. The van der Waals surface area contributed by atoms with E-state index in [0.29, 0.717) is 17.5 Å². The average molecular weight is 496 g/mol. The van der Waals surface area contributed by atoms with Gasteiger partial charge in [-0.05, 0) is 38.0 Å². The summed E-state index contributed by atoms with van der Waals surface area (Å²) >= 11 is 0.968. The molecule has 4 rings (SSSR count). The van der Waals surface area contributed by atoms with Gasteiger partial charge in [-0.25, -0.2) is 17.2 Å². The fraction of sp³-hybridized carbons (Fsp3) is 0.364. The number of hydrogen-bond acceptors (Lipinski definition) is 5. The highest BCUT2D eigenvalue weighted by molar-refractivity contribution is 7.89. The van der Waals surface area contributed by atoms with Crippen LogP contribution in [0.4, 0.5) is 8.78 Å². The Morgan fingerprint density at radius 1 is 1.24 bits per heavy atom. The summed E-state index contributed by atoms with van der Waals surface area (Å²) in [6.07, 6.45) is 0.854. The summed E-state index contributed by atoms with van der Waals surface area (Å²) in [4.78, 5) is 17.6. The quantitative estimate of drug-likeness (QED) is 0.526. The van der Waals surface area contributed by atoms with Crippen molar-refractivity contribution in [2.24, 2.45) is 4.99 Å². The van der Waals surface area contributed by atoms with Crippen molar-refractivity contribution >= 4 is 37.5 Å². The van der Waals surface area contributed by atoms with Crippen LogP contribution in [0.15, 0.2) is 46.3 Å². The van der Waals surface area contributed by atoms with Crippen molar-refractivity contribution < 1.29 is 26.7 Å². The molecular weight excluding hydrogens is 472 g/mol. The smallest absolute Gasteiger partial charge is 0.266 e. The van der Waals surface area contributed by atoms with Crippen molar-refractivity contribution in [3.8, 4) is 0 Å². The molecule has 0 aliphatic carbocycles. The third kappa shape index (κ3) is 4.63. The summed E-state index contributed by atoms with van der Waals surface area (Å²) in [5, 5.41) is 0. The van der Waals surface area contributed by atoms with Gasteiger partial charge in [-0.15, -0.1) is 0 Å². The summed E-state index contributed by atoms with van der Waals surface area (Å²) in [6.45, 7) is 2.48. The van der Waals surface area contributed by atoms with Crippen molar-refractivity contribution in [3.63, 3.8) is 0 Å². The van der Waals surface area contributed by atoms with Crippen molar-refractivity contribution in [1.29, 1.82) is 0 Å². The van der Waals surface area contributed by atoms with E-state index in [-0.39, 0.29) is 34.9 Å². The minimum Gasteiger partial charge on any atom is -0.383 e. The van der Waals surface area contributed by atoms with Gasteiger partial charge in [0.2, 0.25) is 10.0 Å². The van der Waals surface area contributed by atoms with E-state index in [2.05, 4.69) is 4.99 Å². The first-order chi connectivity index (χ1) is 15.7. The van der Waals surface area contributed by atoms with Gasteiger partial charge >= 0.3 is 0 Å².